The van der Waals surface area contributed by atoms with Gasteiger partial charge in [0.1, 0.15) is 0 Å². The molecule has 0 saturated carbocycles. The smallest absolute Gasteiger partial charge is 0.279 e. The third-order valence-electron chi connectivity index (χ3n) is 4.08. The molecule has 0 atom stereocenters. The van der Waals surface area contributed by atoms with Crippen molar-refractivity contribution in [2.75, 3.05) is 25.0 Å². The molecule has 2 N–H and O–H groups in total. The van der Waals surface area contributed by atoms with E-state index in [1.165, 1.54) is 36.1 Å². The van der Waals surface area contributed by atoms with Crippen molar-refractivity contribution in [3.05, 3.63) is 29.8 Å². The number of anilines is 1. The zero-order valence-electron chi connectivity index (χ0n) is 12.7. The van der Waals surface area contributed by atoms with Gasteiger partial charge in [-0.15, -0.1) is 0 Å². The molecule has 20 heavy (non-hydrogen) atoms. The Morgan fingerprint density at radius 2 is 1.80 bits per heavy atom. The molecule has 1 aliphatic rings. The standard InChI is InChI=1S/C17H26N2O/c1-14(2)15-9-5-6-10-16(15)18-17(20)13-19-11-7-3-4-8-12-19/h5-6,9-10,14H,3-4,7-8,11-13H2,1-2H3,(H,18,20)/p+1. The van der Waals surface area contributed by atoms with E-state index < -0.39 is 0 Å². The van der Waals surface area contributed by atoms with Crippen LogP contribution in [0.25, 0.3) is 0 Å². The summed E-state index contributed by atoms with van der Waals surface area (Å²) in [5.74, 6) is 0.576. The molecule has 0 bridgehead atoms. The summed E-state index contributed by atoms with van der Waals surface area (Å²) in [7, 11) is 0. The molecule has 1 saturated heterocycles. The number of amides is 1. The van der Waals surface area contributed by atoms with Crippen LogP contribution in [0, 0.1) is 0 Å². The second-order valence-corrected chi connectivity index (χ2v) is 6.13. The van der Waals surface area contributed by atoms with Gasteiger partial charge in [-0.25, -0.2) is 0 Å². The molecule has 1 heterocycles. The van der Waals surface area contributed by atoms with Crippen LogP contribution in [0.1, 0.15) is 51.0 Å². The lowest BCUT2D eigenvalue weighted by molar-refractivity contribution is -0.890. The lowest BCUT2D eigenvalue weighted by Gasteiger charge is -2.18. The van der Waals surface area contributed by atoms with Crippen LogP contribution in [-0.2, 0) is 4.79 Å². The lowest BCUT2D eigenvalue weighted by Crippen LogP contribution is -3.12. The first-order chi connectivity index (χ1) is 9.66. The van der Waals surface area contributed by atoms with E-state index in [1.807, 2.05) is 18.2 Å². The Bertz CT molecular complexity index is 434. The maximum Gasteiger partial charge on any atom is 0.279 e. The SMILES string of the molecule is CC(C)c1ccccc1NC(=O)C[NH+]1CCCCCC1. The molecule has 1 aliphatic heterocycles. The minimum absolute atomic E-state index is 0.148. The third-order valence-corrected chi connectivity index (χ3v) is 4.08. The Balaban J connectivity index is 1.94. The fraction of sp³-hybridized carbons (Fsp3) is 0.588. The largest absolute Gasteiger partial charge is 0.327 e. The summed E-state index contributed by atoms with van der Waals surface area (Å²) in [6, 6.07) is 8.12. The van der Waals surface area contributed by atoms with Crippen LogP contribution < -0.4 is 10.2 Å². The van der Waals surface area contributed by atoms with E-state index in [0.717, 1.165) is 18.8 Å². The summed E-state index contributed by atoms with van der Waals surface area (Å²) in [6.07, 6.45) is 5.15. The molecule has 1 aromatic rings. The quantitative estimate of drug-likeness (QED) is 0.868. The molecule has 1 fully saturated rings. The number of quaternary nitrogens is 1. The third kappa shape index (κ3) is 4.34. The minimum atomic E-state index is 0.148. The van der Waals surface area contributed by atoms with Gasteiger partial charge >= 0.3 is 0 Å². The molecule has 0 radical (unpaired) electrons. The molecule has 0 aliphatic carbocycles. The summed E-state index contributed by atoms with van der Waals surface area (Å²) in [4.78, 5) is 13.7. The second-order valence-electron chi connectivity index (χ2n) is 6.13. The van der Waals surface area contributed by atoms with Crippen LogP contribution in [0.4, 0.5) is 5.69 Å². The average molecular weight is 275 g/mol. The Morgan fingerprint density at radius 1 is 1.15 bits per heavy atom. The van der Waals surface area contributed by atoms with Crippen LogP contribution in [0.3, 0.4) is 0 Å². The molecule has 1 amide bonds. The van der Waals surface area contributed by atoms with E-state index in [1.54, 1.807) is 0 Å². The number of nitrogens with one attached hydrogen (secondary N) is 2. The fourth-order valence-corrected chi connectivity index (χ4v) is 2.94. The summed E-state index contributed by atoms with van der Waals surface area (Å²) in [6.45, 7) is 7.20. The normalized spacial score (nSPS) is 16.9. The van der Waals surface area contributed by atoms with Crippen molar-refractivity contribution in [1.82, 2.24) is 0 Å². The first-order valence-corrected chi connectivity index (χ1v) is 7.89. The predicted octanol–water partition coefficient (Wildman–Crippen LogP) is 2.21. The van der Waals surface area contributed by atoms with Crippen molar-refractivity contribution in [2.24, 2.45) is 0 Å². The van der Waals surface area contributed by atoms with Gasteiger partial charge in [0.25, 0.3) is 5.91 Å². The van der Waals surface area contributed by atoms with Crippen LogP contribution >= 0.6 is 0 Å². The molecule has 1 aromatic carbocycles. The van der Waals surface area contributed by atoms with Crippen molar-refractivity contribution in [1.29, 1.82) is 0 Å². The van der Waals surface area contributed by atoms with Gasteiger partial charge in [0.2, 0.25) is 0 Å². The Labute approximate surface area is 122 Å². The van der Waals surface area contributed by atoms with E-state index in [4.69, 9.17) is 0 Å². The topological polar surface area (TPSA) is 33.5 Å². The second kappa shape index (κ2) is 7.44. The maximum absolute atomic E-state index is 12.2. The van der Waals surface area contributed by atoms with Crippen molar-refractivity contribution < 1.29 is 9.69 Å². The Hall–Kier alpha value is -1.35. The van der Waals surface area contributed by atoms with E-state index in [2.05, 4.69) is 25.2 Å². The summed E-state index contributed by atoms with van der Waals surface area (Å²) < 4.78 is 0. The van der Waals surface area contributed by atoms with Gasteiger partial charge in [-0.05, 0) is 43.2 Å². The minimum Gasteiger partial charge on any atom is -0.327 e. The van der Waals surface area contributed by atoms with Crippen molar-refractivity contribution in [3.8, 4) is 0 Å². The van der Waals surface area contributed by atoms with Gasteiger partial charge in [-0.3, -0.25) is 4.79 Å². The highest BCUT2D eigenvalue weighted by Gasteiger charge is 2.17. The summed E-state index contributed by atoms with van der Waals surface area (Å²) >= 11 is 0. The number of likely N-dealkylation sites (tertiary alicyclic amines) is 1. The molecule has 110 valence electrons. The number of hydrogen-bond acceptors (Lipinski definition) is 1. The van der Waals surface area contributed by atoms with Crippen LogP contribution in [0.5, 0.6) is 0 Å². The number of carbonyl (C=O) groups is 1. The van der Waals surface area contributed by atoms with Gasteiger partial charge in [0, 0.05) is 5.69 Å². The van der Waals surface area contributed by atoms with Gasteiger partial charge in [0.05, 0.1) is 13.1 Å². The average Bonchev–Trinajstić information content (AvgIpc) is 2.67. The highest BCUT2D eigenvalue weighted by atomic mass is 16.2. The van der Waals surface area contributed by atoms with Crippen LogP contribution in [0.2, 0.25) is 0 Å². The van der Waals surface area contributed by atoms with Gasteiger partial charge in [-0.2, -0.15) is 0 Å². The molecule has 0 spiro atoms. The van der Waals surface area contributed by atoms with Crippen molar-refractivity contribution in [3.63, 3.8) is 0 Å². The highest BCUT2D eigenvalue weighted by Crippen LogP contribution is 2.23. The zero-order chi connectivity index (χ0) is 14.4. The number of rotatable bonds is 4. The lowest BCUT2D eigenvalue weighted by atomic mass is 10.0. The van der Waals surface area contributed by atoms with Gasteiger partial charge in [0.15, 0.2) is 6.54 Å². The van der Waals surface area contributed by atoms with Crippen molar-refractivity contribution in [2.45, 2.75) is 45.4 Å². The van der Waals surface area contributed by atoms with Crippen LogP contribution in [0.15, 0.2) is 24.3 Å². The first-order valence-electron chi connectivity index (χ1n) is 7.89. The van der Waals surface area contributed by atoms with Crippen LogP contribution in [-0.4, -0.2) is 25.5 Å². The molecular formula is C17H27N2O+. The molecule has 2 rings (SSSR count). The summed E-state index contributed by atoms with van der Waals surface area (Å²) in [5, 5.41) is 3.10. The fourth-order valence-electron chi connectivity index (χ4n) is 2.94. The number of para-hydroxylation sites is 1. The monoisotopic (exact) mass is 275 g/mol. The highest BCUT2D eigenvalue weighted by molar-refractivity contribution is 5.92. The van der Waals surface area contributed by atoms with E-state index in [9.17, 15) is 4.79 Å². The van der Waals surface area contributed by atoms with Gasteiger partial charge in [-0.1, -0.05) is 32.0 Å². The maximum atomic E-state index is 12.2. The van der Waals surface area contributed by atoms with E-state index in [-0.39, 0.29) is 5.91 Å². The summed E-state index contributed by atoms with van der Waals surface area (Å²) in [5.41, 5.74) is 2.19. The first kappa shape index (κ1) is 15.0. The predicted molar refractivity (Wildman–Crippen MR) is 83.2 cm³/mol. The zero-order valence-corrected chi connectivity index (χ0v) is 12.7. The number of benzene rings is 1. The van der Waals surface area contributed by atoms with E-state index in [0.29, 0.717) is 12.5 Å². The van der Waals surface area contributed by atoms with Crippen molar-refractivity contribution >= 4 is 11.6 Å². The molecule has 0 unspecified atom stereocenters. The molecule has 0 aromatic heterocycles. The molecule has 3 heteroatoms. The number of hydrogen-bond donors (Lipinski definition) is 2. The molecular weight excluding hydrogens is 248 g/mol. The Kier molecular flexibility index (Phi) is 5.60. The molecule has 3 nitrogen and oxygen atoms in total. The van der Waals surface area contributed by atoms with E-state index >= 15 is 0 Å². The Morgan fingerprint density at radius 3 is 2.45 bits per heavy atom. The number of carbonyl (C=O) groups excluding carboxylic acids is 1. The van der Waals surface area contributed by atoms with Gasteiger partial charge < -0.3 is 10.2 Å².